The Morgan fingerprint density at radius 1 is 1.05 bits per heavy atom. The number of ether oxygens (including phenoxy) is 4. The Balaban J connectivity index is 2.27. The van der Waals surface area contributed by atoms with Crippen molar-refractivity contribution in [1.82, 2.24) is 10.9 Å². The monoisotopic (exact) mass is 296 g/mol. The summed E-state index contributed by atoms with van der Waals surface area (Å²) in [5, 5.41) is 0. The second kappa shape index (κ2) is 6.64. The van der Waals surface area contributed by atoms with Gasteiger partial charge in [-0.15, -0.1) is 0 Å². The first kappa shape index (κ1) is 15.4. The molecule has 0 aromatic heterocycles. The lowest BCUT2D eigenvalue weighted by Crippen LogP contribution is -2.36. The van der Waals surface area contributed by atoms with Crippen molar-refractivity contribution >= 4 is 5.97 Å². The average Bonchev–Trinajstić information content (AvgIpc) is 3.02. The van der Waals surface area contributed by atoms with Gasteiger partial charge >= 0.3 is 5.97 Å². The molecule has 7 nitrogen and oxygen atoms in total. The molecule has 0 saturated carbocycles. The summed E-state index contributed by atoms with van der Waals surface area (Å²) in [4.78, 5) is 11.5. The van der Waals surface area contributed by atoms with E-state index < -0.39 is 0 Å². The predicted octanol–water partition coefficient (Wildman–Crippen LogP) is 0.793. The van der Waals surface area contributed by atoms with Crippen LogP contribution in [0.15, 0.2) is 12.1 Å². The molecule has 0 bridgehead atoms. The number of hydrogen-bond donors (Lipinski definition) is 2. The molecule has 0 aliphatic carbocycles. The van der Waals surface area contributed by atoms with Gasteiger partial charge in [-0.05, 0) is 24.1 Å². The molecule has 1 heterocycles. The van der Waals surface area contributed by atoms with Crippen molar-refractivity contribution in [3.63, 3.8) is 0 Å². The number of carbonyl (C=O) groups is 1. The third kappa shape index (κ3) is 3.03. The van der Waals surface area contributed by atoms with Crippen LogP contribution in [0, 0.1) is 0 Å². The van der Waals surface area contributed by atoms with E-state index in [1.807, 2.05) is 12.1 Å². The molecule has 2 atom stereocenters. The van der Waals surface area contributed by atoms with Gasteiger partial charge in [0.15, 0.2) is 11.5 Å². The topological polar surface area (TPSA) is 78.1 Å². The van der Waals surface area contributed by atoms with E-state index in [0.29, 0.717) is 23.7 Å². The number of hydrogen-bond acceptors (Lipinski definition) is 7. The van der Waals surface area contributed by atoms with Gasteiger partial charge in [-0.25, -0.2) is 10.9 Å². The summed E-state index contributed by atoms with van der Waals surface area (Å²) in [6.07, 6.45) is 0.575. The lowest BCUT2D eigenvalue weighted by Gasteiger charge is -2.17. The molecule has 21 heavy (non-hydrogen) atoms. The summed E-state index contributed by atoms with van der Waals surface area (Å²) < 4.78 is 20.7. The fourth-order valence-electron chi connectivity index (χ4n) is 2.37. The molecule has 0 radical (unpaired) electrons. The molecule has 1 saturated heterocycles. The van der Waals surface area contributed by atoms with Gasteiger partial charge < -0.3 is 18.9 Å². The Bertz CT molecular complexity index is 495. The van der Waals surface area contributed by atoms with Crippen molar-refractivity contribution in [2.45, 2.75) is 18.5 Å². The highest BCUT2D eigenvalue weighted by atomic mass is 16.5. The first-order valence-corrected chi connectivity index (χ1v) is 6.53. The molecule has 116 valence electrons. The SMILES string of the molecule is COC(=O)C1CC(c2cc(OC)c(OC)c(OC)c2)NN1. The fraction of sp³-hybridized carbons (Fsp3) is 0.500. The van der Waals surface area contributed by atoms with Crippen LogP contribution in [-0.2, 0) is 9.53 Å². The largest absolute Gasteiger partial charge is 0.493 e. The van der Waals surface area contributed by atoms with Crippen LogP contribution >= 0.6 is 0 Å². The number of nitrogens with one attached hydrogen (secondary N) is 2. The van der Waals surface area contributed by atoms with Crippen molar-refractivity contribution < 1.29 is 23.7 Å². The molecule has 7 heteroatoms. The van der Waals surface area contributed by atoms with E-state index in [9.17, 15) is 4.79 Å². The van der Waals surface area contributed by atoms with Gasteiger partial charge in [0.1, 0.15) is 6.04 Å². The highest BCUT2D eigenvalue weighted by molar-refractivity contribution is 5.76. The lowest BCUT2D eigenvalue weighted by atomic mass is 10.0. The Kier molecular flexibility index (Phi) is 4.87. The second-order valence-electron chi connectivity index (χ2n) is 4.61. The van der Waals surface area contributed by atoms with Crippen molar-refractivity contribution in [2.24, 2.45) is 0 Å². The van der Waals surface area contributed by atoms with E-state index in [1.165, 1.54) is 7.11 Å². The Morgan fingerprint density at radius 3 is 2.14 bits per heavy atom. The second-order valence-corrected chi connectivity index (χ2v) is 4.61. The summed E-state index contributed by atoms with van der Waals surface area (Å²) in [7, 11) is 6.07. The average molecular weight is 296 g/mol. The van der Waals surface area contributed by atoms with Crippen LogP contribution in [0.25, 0.3) is 0 Å². The van der Waals surface area contributed by atoms with E-state index in [1.54, 1.807) is 21.3 Å². The van der Waals surface area contributed by atoms with Crippen LogP contribution in [0.1, 0.15) is 18.0 Å². The minimum atomic E-state index is -0.376. The first-order valence-electron chi connectivity index (χ1n) is 6.53. The van der Waals surface area contributed by atoms with Gasteiger partial charge in [0.25, 0.3) is 0 Å². The van der Waals surface area contributed by atoms with Gasteiger partial charge in [-0.3, -0.25) is 4.79 Å². The maximum absolute atomic E-state index is 11.5. The van der Waals surface area contributed by atoms with Gasteiger partial charge in [-0.2, -0.15) is 0 Å². The predicted molar refractivity (Wildman–Crippen MR) is 75.5 cm³/mol. The zero-order chi connectivity index (χ0) is 15.4. The summed E-state index contributed by atoms with van der Waals surface area (Å²) in [5.74, 6) is 1.40. The first-order chi connectivity index (χ1) is 10.1. The third-order valence-corrected chi connectivity index (χ3v) is 3.48. The number of hydrazine groups is 1. The zero-order valence-electron chi connectivity index (χ0n) is 12.6. The van der Waals surface area contributed by atoms with E-state index in [-0.39, 0.29) is 18.1 Å². The van der Waals surface area contributed by atoms with Crippen molar-refractivity contribution in [3.8, 4) is 17.2 Å². The molecular weight excluding hydrogens is 276 g/mol. The van der Waals surface area contributed by atoms with Crippen LogP contribution < -0.4 is 25.1 Å². The molecule has 1 aromatic rings. The number of benzene rings is 1. The minimum absolute atomic E-state index is 0.0530. The Labute approximate surface area is 123 Å². The molecule has 1 aliphatic heterocycles. The highest BCUT2D eigenvalue weighted by Gasteiger charge is 2.31. The Hall–Kier alpha value is -1.99. The van der Waals surface area contributed by atoms with Gasteiger partial charge in [-0.1, -0.05) is 0 Å². The van der Waals surface area contributed by atoms with Crippen molar-refractivity contribution in [1.29, 1.82) is 0 Å². The maximum Gasteiger partial charge on any atom is 0.324 e. The number of methoxy groups -OCH3 is 4. The summed E-state index contributed by atoms with van der Waals surface area (Å²) in [6.45, 7) is 0. The normalized spacial score (nSPS) is 21.0. The molecule has 2 rings (SSSR count). The smallest absolute Gasteiger partial charge is 0.324 e. The molecule has 0 amide bonds. The maximum atomic E-state index is 11.5. The summed E-state index contributed by atoms with van der Waals surface area (Å²) in [5.41, 5.74) is 6.93. The van der Waals surface area contributed by atoms with E-state index in [0.717, 1.165) is 5.56 Å². The fourth-order valence-corrected chi connectivity index (χ4v) is 2.37. The van der Waals surface area contributed by atoms with E-state index in [4.69, 9.17) is 18.9 Å². The molecule has 0 spiro atoms. The van der Waals surface area contributed by atoms with Crippen LogP contribution in [0.4, 0.5) is 0 Å². The van der Waals surface area contributed by atoms with Crippen molar-refractivity contribution in [3.05, 3.63) is 17.7 Å². The minimum Gasteiger partial charge on any atom is -0.493 e. The van der Waals surface area contributed by atoms with Crippen molar-refractivity contribution in [2.75, 3.05) is 28.4 Å². The summed E-state index contributed by atoms with van der Waals surface area (Å²) >= 11 is 0. The van der Waals surface area contributed by atoms with Crippen LogP contribution in [0.5, 0.6) is 17.2 Å². The van der Waals surface area contributed by atoms with Crippen LogP contribution in [0.3, 0.4) is 0 Å². The Morgan fingerprint density at radius 2 is 1.67 bits per heavy atom. The quantitative estimate of drug-likeness (QED) is 0.778. The van der Waals surface area contributed by atoms with E-state index in [2.05, 4.69) is 10.9 Å². The molecule has 2 unspecified atom stereocenters. The van der Waals surface area contributed by atoms with Crippen LogP contribution in [0.2, 0.25) is 0 Å². The van der Waals surface area contributed by atoms with Crippen LogP contribution in [-0.4, -0.2) is 40.5 Å². The molecular formula is C14H20N2O5. The number of esters is 1. The van der Waals surface area contributed by atoms with Gasteiger partial charge in [0, 0.05) is 6.04 Å². The van der Waals surface area contributed by atoms with Gasteiger partial charge in [0.05, 0.1) is 28.4 Å². The summed E-state index contributed by atoms with van der Waals surface area (Å²) in [6, 6.07) is 3.29. The molecule has 1 aliphatic rings. The standard InChI is InChI=1S/C14H20N2O5/c1-18-11-5-8(6-12(19-2)13(11)20-3)9-7-10(16-15-9)14(17)21-4/h5-6,9-10,15-16H,7H2,1-4H3. The van der Waals surface area contributed by atoms with Gasteiger partial charge in [0.2, 0.25) is 5.75 Å². The lowest BCUT2D eigenvalue weighted by molar-refractivity contribution is -0.142. The number of rotatable bonds is 5. The van der Waals surface area contributed by atoms with E-state index >= 15 is 0 Å². The highest BCUT2D eigenvalue weighted by Crippen LogP contribution is 2.40. The molecule has 1 aromatic carbocycles. The number of carbonyl (C=O) groups excluding carboxylic acids is 1. The molecule has 2 N–H and O–H groups in total. The third-order valence-electron chi connectivity index (χ3n) is 3.48. The molecule has 1 fully saturated rings. The zero-order valence-corrected chi connectivity index (χ0v) is 12.6.